The van der Waals surface area contributed by atoms with Crippen molar-refractivity contribution in [1.29, 1.82) is 0 Å². The van der Waals surface area contributed by atoms with Gasteiger partial charge in [-0.15, -0.1) is 0 Å². The van der Waals surface area contributed by atoms with Crippen molar-refractivity contribution in [3.63, 3.8) is 0 Å². The summed E-state index contributed by atoms with van der Waals surface area (Å²) in [6, 6.07) is 0. The second-order valence-corrected chi connectivity index (χ2v) is 17.8. The summed E-state index contributed by atoms with van der Waals surface area (Å²) in [7, 11) is -1.76. The topological polar surface area (TPSA) is 46.5 Å². The number of allylic oxidation sites excluding steroid dienone is 1. The summed E-state index contributed by atoms with van der Waals surface area (Å²) < 4.78 is 7.05. The fourth-order valence-electron chi connectivity index (χ4n) is 7.60. The van der Waals surface area contributed by atoms with Crippen LogP contribution in [0.5, 0.6) is 0 Å². The first-order valence-corrected chi connectivity index (χ1v) is 15.3. The molecule has 1 N–H and O–H groups in total. The smallest absolute Gasteiger partial charge is 0.310 e. The maximum absolute atomic E-state index is 11.6. The van der Waals surface area contributed by atoms with E-state index in [1.165, 1.54) is 37.7 Å². The average molecular weight is 433 g/mol. The Bertz CT molecular complexity index is 735. The molecule has 0 heterocycles. The Morgan fingerprint density at radius 3 is 2.40 bits per heavy atom. The molecule has 0 unspecified atom stereocenters. The summed E-state index contributed by atoms with van der Waals surface area (Å²) in [4.78, 5) is 11.6. The molecule has 7 atom stereocenters. The van der Waals surface area contributed by atoms with Gasteiger partial charge in [-0.2, -0.15) is 0 Å². The summed E-state index contributed by atoms with van der Waals surface area (Å²) >= 11 is 0. The second kappa shape index (κ2) is 7.20. The maximum Gasteiger partial charge on any atom is 0.310 e. The zero-order chi connectivity index (χ0) is 22.1. The van der Waals surface area contributed by atoms with Gasteiger partial charge >= 0.3 is 5.97 Å². The van der Waals surface area contributed by atoms with Crippen LogP contribution in [0.1, 0.15) is 86.0 Å². The molecule has 4 aliphatic carbocycles. The van der Waals surface area contributed by atoms with Crippen LogP contribution in [0.15, 0.2) is 11.6 Å². The highest BCUT2D eigenvalue weighted by Crippen LogP contribution is 2.66. The Balaban J connectivity index is 1.56. The van der Waals surface area contributed by atoms with Gasteiger partial charge in [-0.05, 0) is 98.1 Å². The van der Waals surface area contributed by atoms with Crippen molar-refractivity contribution in [3.05, 3.63) is 11.6 Å². The molecule has 0 radical (unpaired) electrons. The van der Waals surface area contributed by atoms with E-state index < -0.39 is 14.3 Å². The lowest BCUT2D eigenvalue weighted by molar-refractivity contribution is -0.141. The highest BCUT2D eigenvalue weighted by Gasteiger charge is 2.60. The van der Waals surface area contributed by atoms with Gasteiger partial charge in [-0.25, -0.2) is 0 Å². The molecular formula is C26H44O3Si. The fourth-order valence-corrected chi connectivity index (χ4v) is 9.05. The number of rotatable bonds is 3. The minimum absolute atomic E-state index is 0.231. The lowest BCUT2D eigenvalue weighted by atomic mass is 9.47. The number of aliphatic carboxylic acids is 1. The van der Waals surface area contributed by atoms with Crippen LogP contribution in [0, 0.1) is 34.5 Å². The van der Waals surface area contributed by atoms with Crippen LogP contribution in [0.4, 0.5) is 0 Å². The number of carboxylic acid groups (broad SMARTS) is 1. The summed E-state index contributed by atoms with van der Waals surface area (Å²) in [5, 5.41) is 9.79. The number of carboxylic acids is 1. The first kappa shape index (κ1) is 22.6. The van der Waals surface area contributed by atoms with E-state index in [1.54, 1.807) is 0 Å². The molecule has 4 rings (SSSR count). The molecule has 3 fully saturated rings. The van der Waals surface area contributed by atoms with Gasteiger partial charge in [-0.1, -0.05) is 46.3 Å². The summed E-state index contributed by atoms with van der Waals surface area (Å²) in [6.45, 7) is 16.9. The molecule has 4 aliphatic rings. The molecule has 0 aromatic carbocycles. The maximum atomic E-state index is 11.6. The van der Waals surface area contributed by atoms with Crippen molar-refractivity contribution in [2.75, 3.05) is 0 Å². The van der Waals surface area contributed by atoms with Gasteiger partial charge in [0.2, 0.25) is 0 Å². The van der Waals surface area contributed by atoms with Crippen LogP contribution >= 0.6 is 0 Å². The molecule has 0 saturated heterocycles. The van der Waals surface area contributed by atoms with Gasteiger partial charge in [0, 0.05) is 0 Å². The molecule has 3 saturated carbocycles. The molecular weight excluding hydrogens is 388 g/mol. The first-order valence-electron chi connectivity index (χ1n) is 12.4. The first-order chi connectivity index (χ1) is 13.8. The number of hydrogen-bond acceptors (Lipinski definition) is 2. The van der Waals surface area contributed by atoms with E-state index in [-0.39, 0.29) is 16.4 Å². The van der Waals surface area contributed by atoms with Crippen LogP contribution in [0.3, 0.4) is 0 Å². The fraction of sp³-hybridized carbons (Fsp3) is 0.885. The third-order valence-corrected chi connectivity index (χ3v) is 15.1. The van der Waals surface area contributed by atoms with Gasteiger partial charge < -0.3 is 9.53 Å². The van der Waals surface area contributed by atoms with E-state index >= 15 is 0 Å². The highest BCUT2D eigenvalue weighted by molar-refractivity contribution is 6.74. The van der Waals surface area contributed by atoms with Crippen molar-refractivity contribution in [2.45, 2.75) is 110 Å². The Morgan fingerprint density at radius 1 is 1.07 bits per heavy atom. The van der Waals surface area contributed by atoms with Crippen molar-refractivity contribution in [2.24, 2.45) is 34.5 Å². The van der Waals surface area contributed by atoms with E-state index in [0.717, 1.165) is 37.0 Å². The zero-order valence-electron chi connectivity index (χ0n) is 20.4. The standard InChI is InChI=1S/C26H44O3Si/c1-24(2,3)30(6,7)29-22-11-10-20-19-9-8-18-16-17(23(27)28)12-14-25(18,4)21(19)13-15-26(20,22)5/h16-17,19-22H,8-15H2,1-7H3,(H,27,28)/t17-,19+,20+,21+,22+,25+,26+/m1/s1. The molecule has 4 heteroatoms. The molecule has 3 nitrogen and oxygen atoms in total. The van der Waals surface area contributed by atoms with Gasteiger partial charge in [0.25, 0.3) is 0 Å². The molecule has 30 heavy (non-hydrogen) atoms. The third kappa shape index (κ3) is 3.36. The number of carbonyl (C=O) groups is 1. The summed E-state index contributed by atoms with van der Waals surface area (Å²) in [5.74, 6) is 1.41. The summed E-state index contributed by atoms with van der Waals surface area (Å²) in [5.41, 5.74) is 2.03. The van der Waals surface area contributed by atoms with E-state index in [0.29, 0.717) is 11.5 Å². The van der Waals surface area contributed by atoms with E-state index in [4.69, 9.17) is 4.43 Å². The highest BCUT2D eigenvalue weighted by atomic mass is 28.4. The minimum atomic E-state index is -1.76. The second-order valence-electron chi connectivity index (χ2n) is 13.0. The zero-order valence-corrected chi connectivity index (χ0v) is 21.4. The average Bonchev–Trinajstić information content (AvgIpc) is 2.96. The molecule has 0 aliphatic heterocycles. The molecule has 0 aromatic rings. The molecule has 0 spiro atoms. The lowest BCUT2D eigenvalue weighted by Gasteiger charge is -2.58. The van der Waals surface area contributed by atoms with Gasteiger partial charge in [0.1, 0.15) is 0 Å². The largest absolute Gasteiger partial charge is 0.481 e. The predicted octanol–water partition coefficient (Wildman–Crippen LogP) is 7.04. The van der Waals surface area contributed by atoms with Gasteiger partial charge in [-0.3, -0.25) is 4.79 Å². The van der Waals surface area contributed by atoms with E-state index in [2.05, 4.69) is 53.8 Å². The Morgan fingerprint density at radius 2 is 1.77 bits per heavy atom. The van der Waals surface area contributed by atoms with Crippen molar-refractivity contribution >= 4 is 14.3 Å². The van der Waals surface area contributed by atoms with E-state index in [9.17, 15) is 9.90 Å². The van der Waals surface area contributed by atoms with Crippen LogP contribution < -0.4 is 0 Å². The Kier molecular flexibility index (Phi) is 5.42. The van der Waals surface area contributed by atoms with Crippen molar-refractivity contribution < 1.29 is 14.3 Å². The Hall–Kier alpha value is -0.613. The molecule has 0 bridgehead atoms. The van der Waals surface area contributed by atoms with Crippen molar-refractivity contribution in [1.82, 2.24) is 0 Å². The van der Waals surface area contributed by atoms with Crippen LogP contribution in [-0.2, 0) is 9.22 Å². The van der Waals surface area contributed by atoms with Gasteiger partial charge in [0.15, 0.2) is 8.32 Å². The third-order valence-electron chi connectivity index (χ3n) is 10.6. The van der Waals surface area contributed by atoms with Crippen molar-refractivity contribution in [3.8, 4) is 0 Å². The SMILES string of the molecule is CC(C)(C)[Si](C)(C)O[C@H]1CC[C@H]2[C@@H]3CCC4=C[C@H](C(=O)O)CC[C@]4(C)[C@H]3CC[C@]12C. The molecule has 170 valence electrons. The predicted molar refractivity (Wildman–Crippen MR) is 125 cm³/mol. The minimum Gasteiger partial charge on any atom is -0.481 e. The van der Waals surface area contributed by atoms with Gasteiger partial charge in [0.05, 0.1) is 12.0 Å². The van der Waals surface area contributed by atoms with Crippen LogP contribution in [-0.4, -0.2) is 25.5 Å². The number of hydrogen-bond donors (Lipinski definition) is 1. The number of fused-ring (bicyclic) bond motifs is 5. The molecule has 0 amide bonds. The Labute approximate surface area is 185 Å². The van der Waals surface area contributed by atoms with Crippen LogP contribution in [0.2, 0.25) is 18.1 Å². The molecule has 0 aromatic heterocycles. The monoisotopic (exact) mass is 432 g/mol. The normalized spacial score (nSPS) is 44.0. The van der Waals surface area contributed by atoms with Crippen LogP contribution in [0.25, 0.3) is 0 Å². The lowest BCUT2D eigenvalue weighted by Crippen LogP contribution is -2.53. The van der Waals surface area contributed by atoms with E-state index in [1.807, 2.05) is 0 Å². The summed E-state index contributed by atoms with van der Waals surface area (Å²) in [6.07, 6.45) is 11.9. The quantitative estimate of drug-likeness (QED) is 0.384.